The number of benzene rings is 1. The summed E-state index contributed by atoms with van der Waals surface area (Å²) < 4.78 is 1.95. The summed E-state index contributed by atoms with van der Waals surface area (Å²) >= 11 is 1.44. The molecule has 3 aromatic rings. The van der Waals surface area contributed by atoms with E-state index in [4.69, 9.17) is 0 Å². The minimum absolute atomic E-state index is 0.272. The zero-order chi connectivity index (χ0) is 16.8. The van der Waals surface area contributed by atoms with Gasteiger partial charge in [0.2, 0.25) is 0 Å². The monoisotopic (exact) mass is 342 g/mol. The molecule has 2 heterocycles. The Morgan fingerprint density at radius 3 is 2.92 bits per heavy atom. The third-order valence-corrected chi connectivity index (χ3v) is 4.42. The van der Waals surface area contributed by atoms with E-state index in [1.807, 2.05) is 41.8 Å². The van der Waals surface area contributed by atoms with Crippen molar-refractivity contribution in [1.82, 2.24) is 25.1 Å². The summed E-state index contributed by atoms with van der Waals surface area (Å²) in [5, 5.41) is 14.0. The van der Waals surface area contributed by atoms with Crippen LogP contribution < -0.4 is 10.6 Å². The van der Waals surface area contributed by atoms with Crippen molar-refractivity contribution in [3.63, 3.8) is 0 Å². The Hall–Kier alpha value is -2.74. The number of carbonyl (C=O) groups is 1. The van der Waals surface area contributed by atoms with Gasteiger partial charge in [-0.25, -0.2) is 9.78 Å². The lowest BCUT2D eigenvalue weighted by atomic mass is 10.2. The van der Waals surface area contributed by atoms with Crippen LogP contribution >= 0.6 is 11.3 Å². The standard InChI is InChI=1S/C16H18N6OS/c1-2-22-11-19-21-14(22)8-9-17-15(23)20-16-18-10-13(24-16)12-6-4-3-5-7-12/h3-7,10-11H,2,8-9H2,1H3,(H2,17,18,20,23). The molecule has 2 N–H and O–H groups in total. The van der Waals surface area contributed by atoms with E-state index in [0.29, 0.717) is 18.1 Å². The van der Waals surface area contributed by atoms with E-state index in [0.717, 1.165) is 22.8 Å². The lowest BCUT2D eigenvalue weighted by Crippen LogP contribution is -2.30. The molecule has 3 rings (SSSR count). The number of hydrogen-bond donors (Lipinski definition) is 2. The van der Waals surface area contributed by atoms with Crippen molar-refractivity contribution in [2.75, 3.05) is 11.9 Å². The van der Waals surface area contributed by atoms with Gasteiger partial charge in [-0.05, 0) is 12.5 Å². The molecule has 124 valence electrons. The van der Waals surface area contributed by atoms with Crippen LogP contribution in [-0.4, -0.2) is 32.3 Å². The number of urea groups is 1. The first-order valence-corrected chi connectivity index (χ1v) is 8.50. The number of nitrogens with zero attached hydrogens (tertiary/aromatic N) is 4. The van der Waals surface area contributed by atoms with E-state index < -0.39 is 0 Å². The Morgan fingerprint density at radius 2 is 2.12 bits per heavy atom. The maximum atomic E-state index is 11.9. The molecule has 0 bridgehead atoms. The molecular formula is C16H18N6OS. The predicted octanol–water partition coefficient (Wildman–Crippen LogP) is 2.79. The number of aromatic nitrogens is 4. The zero-order valence-corrected chi connectivity index (χ0v) is 14.1. The van der Waals surface area contributed by atoms with Gasteiger partial charge in [0, 0.05) is 25.7 Å². The SMILES string of the molecule is CCn1cnnc1CCNC(=O)Nc1ncc(-c2ccccc2)s1. The van der Waals surface area contributed by atoms with Gasteiger partial charge in [0.25, 0.3) is 0 Å². The highest BCUT2D eigenvalue weighted by Crippen LogP contribution is 2.28. The van der Waals surface area contributed by atoms with Crippen LogP contribution in [0.5, 0.6) is 0 Å². The van der Waals surface area contributed by atoms with Crippen molar-refractivity contribution in [1.29, 1.82) is 0 Å². The zero-order valence-electron chi connectivity index (χ0n) is 13.3. The molecule has 8 heteroatoms. The van der Waals surface area contributed by atoms with Crippen molar-refractivity contribution in [2.24, 2.45) is 0 Å². The number of aryl methyl sites for hydroxylation is 1. The summed E-state index contributed by atoms with van der Waals surface area (Å²) in [4.78, 5) is 17.2. The fraction of sp³-hybridized carbons (Fsp3) is 0.250. The number of amides is 2. The Balaban J connectivity index is 1.50. The third kappa shape index (κ3) is 3.96. The molecule has 2 aromatic heterocycles. The highest BCUT2D eigenvalue weighted by molar-refractivity contribution is 7.19. The molecular weight excluding hydrogens is 324 g/mol. The second-order valence-corrected chi connectivity index (χ2v) is 6.09. The van der Waals surface area contributed by atoms with Crippen LogP contribution in [0.1, 0.15) is 12.7 Å². The fourth-order valence-electron chi connectivity index (χ4n) is 2.23. The van der Waals surface area contributed by atoms with E-state index in [1.54, 1.807) is 12.5 Å². The van der Waals surface area contributed by atoms with Crippen LogP contribution in [0.3, 0.4) is 0 Å². The maximum Gasteiger partial charge on any atom is 0.321 e. The molecule has 0 unspecified atom stereocenters. The predicted molar refractivity (Wildman–Crippen MR) is 94.0 cm³/mol. The first-order valence-electron chi connectivity index (χ1n) is 7.69. The van der Waals surface area contributed by atoms with Gasteiger partial charge in [-0.1, -0.05) is 41.7 Å². The first-order chi connectivity index (χ1) is 11.8. The van der Waals surface area contributed by atoms with E-state index >= 15 is 0 Å². The average Bonchev–Trinajstić information content (AvgIpc) is 3.25. The number of carbonyl (C=O) groups excluding carboxylic acids is 1. The molecule has 1 aromatic carbocycles. The third-order valence-electron chi connectivity index (χ3n) is 3.46. The van der Waals surface area contributed by atoms with Crippen molar-refractivity contribution < 1.29 is 4.79 Å². The Labute approximate surface area is 143 Å². The molecule has 0 aliphatic heterocycles. The van der Waals surface area contributed by atoms with Gasteiger partial charge in [-0.3, -0.25) is 5.32 Å². The van der Waals surface area contributed by atoms with Crippen LogP contribution in [0.25, 0.3) is 10.4 Å². The molecule has 0 fully saturated rings. The van der Waals surface area contributed by atoms with E-state index in [-0.39, 0.29) is 6.03 Å². The number of anilines is 1. The van der Waals surface area contributed by atoms with Gasteiger partial charge in [-0.15, -0.1) is 10.2 Å². The van der Waals surface area contributed by atoms with Gasteiger partial charge < -0.3 is 9.88 Å². The van der Waals surface area contributed by atoms with Gasteiger partial charge in [-0.2, -0.15) is 0 Å². The maximum absolute atomic E-state index is 11.9. The number of hydrogen-bond acceptors (Lipinski definition) is 5. The summed E-state index contributed by atoms with van der Waals surface area (Å²) in [6.07, 6.45) is 4.09. The molecule has 0 saturated carbocycles. The fourth-order valence-corrected chi connectivity index (χ4v) is 3.05. The first kappa shape index (κ1) is 16.1. The van der Waals surface area contributed by atoms with E-state index in [9.17, 15) is 4.79 Å². The molecule has 0 radical (unpaired) electrons. The lowest BCUT2D eigenvalue weighted by Gasteiger charge is -2.06. The van der Waals surface area contributed by atoms with E-state index in [2.05, 4.69) is 25.8 Å². The second-order valence-electron chi connectivity index (χ2n) is 5.06. The van der Waals surface area contributed by atoms with Crippen molar-refractivity contribution in [2.45, 2.75) is 19.9 Å². The molecule has 0 saturated heterocycles. The molecule has 7 nitrogen and oxygen atoms in total. The Kier molecular flexibility index (Phi) is 5.17. The summed E-state index contributed by atoms with van der Waals surface area (Å²) in [6.45, 7) is 3.33. The highest BCUT2D eigenvalue weighted by atomic mass is 32.1. The lowest BCUT2D eigenvalue weighted by molar-refractivity contribution is 0.252. The van der Waals surface area contributed by atoms with Gasteiger partial charge >= 0.3 is 6.03 Å². The Bertz CT molecular complexity index is 798. The average molecular weight is 342 g/mol. The van der Waals surface area contributed by atoms with Gasteiger partial charge in [0.05, 0.1) is 4.88 Å². The second kappa shape index (κ2) is 7.69. The van der Waals surface area contributed by atoms with Crippen LogP contribution in [0.2, 0.25) is 0 Å². The molecule has 0 aliphatic rings. The molecule has 0 atom stereocenters. The van der Waals surface area contributed by atoms with E-state index in [1.165, 1.54) is 11.3 Å². The van der Waals surface area contributed by atoms with Crippen LogP contribution in [-0.2, 0) is 13.0 Å². The minimum Gasteiger partial charge on any atom is -0.337 e. The van der Waals surface area contributed by atoms with Gasteiger partial charge in [0.15, 0.2) is 5.13 Å². The molecule has 24 heavy (non-hydrogen) atoms. The minimum atomic E-state index is -0.272. The van der Waals surface area contributed by atoms with Crippen LogP contribution in [0.15, 0.2) is 42.9 Å². The summed E-state index contributed by atoms with van der Waals surface area (Å²) in [5.74, 6) is 0.860. The number of thiazole rings is 1. The number of rotatable bonds is 6. The van der Waals surface area contributed by atoms with Crippen molar-refractivity contribution in [3.8, 4) is 10.4 Å². The van der Waals surface area contributed by atoms with Crippen molar-refractivity contribution in [3.05, 3.63) is 48.7 Å². The Morgan fingerprint density at radius 1 is 1.29 bits per heavy atom. The molecule has 0 spiro atoms. The highest BCUT2D eigenvalue weighted by Gasteiger charge is 2.08. The quantitative estimate of drug-likeness (QED) is 0.721. The van der Waals surface area contributed by atoms with Crippen molar-refractivity contribution >= 4 is 22.5 Å². The van der Waals surface area contributed by atoms with Crippen LogP contribution in [0, 0.1) is 0 Å². The largest absolute Gasteiger partial charge is 0.337 e. The number of nitrogens with one attached hydrogen (secondary N) is 2. The topological polar surface area (TPSA) is 84.7 Å². The summed E-state index contributed by atoms with van der Waals surface area (Å²) in [5.41, 5.74) is 1.09. The smallest absolute Gasteiger partial charge is 0.321 e. The molecule has 2 amide bonds. The summed E-state index contributed by atoms with van der Waals surface area (Å²) in [7, 11) is 0. The normalized spacial score (nSPS) is 10.5. The van der Waals surface area contributed by atoms with Crippen LogP contribution in [0.4, 0.5) is 9.93 Å². The molecule has 0 aliphatic carbocycles. The summed E-state index contributed by atoms with van der Waals surface area (Å²) in [6, 6.07) is 9.68. The van der Waals surface area contributed by atoms with Gasteiger partial charge in [0.1, 0.15) is 12.2 Å².